The van der Waals surface area contributed by atoms with Gasteiger partial charge in [0.2, 0.25) is 0 Å². The summed E-state index contributed by atoms with van der Waals surface area (Å²) >= 11 is 0. The van der Waals surface area contributed by atoms with Crippen LogP contribution in [0, 0.1) is 6.92 Å². The first-order valence-corrected chi connectivity index (χ1v) is 9.21. The fraction of sp³-hybridized carbons (Fsp3) is 0.400. The zero-order valence-electron chi connectivity index (χ0n) is 16.0. The van der Waals surface area contributed by atoms with Crippen LogP contribution in [0.1, 0.15) is 40.5 Å². The van der Waals surface area contributed by atoms with Crippen LogP contribution >= 0.6 is 0 Å². The van der Waals surface area contributed by atoms with Gasteiger partial charge in [0.1, 0.15) is 17.3 Å². The lowest BCUT2D eigenvalue weighted by Gasteiger charge is -2.33. The van der Waals surface area contributed by atoms with Crippen LogP contribution in [-0.2, 0) is 0 Å². The number of rotatable bonds is 5. The van der Waals surface area contributed by atoms with Gasteiger partial charge in [-0.2, -0.15) is 0 Å². The van der Waals surface area contributed by atoms with Gasteiger partial charge in [0.05, 0.1) is 0 Å². The first kappa shape index (κ1) is 19.0. The minimum atomic E-state index is -0.0724. The molecule has 0 atom stereocenters. The highest BCUT2D eigenvalue weighted by atomic mass is 16.2. The van der Waals surface area contributed by atoms with Crippen molar-refractivity contribution in [1.82, 2.24) is 19.8 Å². The first-order chi connectivity index (χ1) is 13.0. The van der Waals surface area contributed by atoms with E-state index in [0.29, 0.717) is 36.0 Å². The standard InChI is InChI=1S/C20H25N5O2/c1-4-24-8-10-25(11-9-24)20(27)18-13-19(22-15(3)21-18)23-17-7-5-6-16(12-17)14(2)26/h5-7,12-13H,4,8-11H2,1-3H3,(H,21,22,23). The predicted molar refractivity (Wildman–Crippen MR) is 105 cm³/mol. The lowest BCUT2D eigenvalue weighted by molar-refractivity contribution is 0.0637. The number of carbonyl (C=O) groups excluding carboxylic acids is 2. The fourth-order valence-corrected chi connectivity index (χ4v) is 3.13. The summed E-state index contributed by atoms with van der Waals surface area (Å²) in [6.45, 7) is 9.61. The normalized spacial score (nSPS) is 14.9. The molecule has 1 aromatic carbocycles. The van der Waals surface area contributed by atoms with E-state index in [4.69, 9.17) is 0 Å². The Hall–Kier alpha value is -2.80. The molecule has 0 radical (unpaired) electrons. The second kappa shape index (κ2) is 8.26. The number of piperazine rings is 1. The van der Waals surface area contributed by atoms with Crippen LogP contribution in [0.4, 0.5) is 11.5 Å². The Labute approximate surface area is 159 Å². The van der Waals surface area contributed by atoms with Gasteiger partial charge in [-0.25, -0.2) is 9.97 Å². The maximum absolute atomic E-state index is 12.8. The van der Waals surface area contributed by atoms with Crippen LogP contribution in [0.5, 0.6) is 0 Å². The number of benzene rings is 1. The molecule has 1 fully saturated rings. The van der Waals surface area contributed by atoms with E-state index in [0.717, 1.165) is 25.3 Å². The Morgan fingerprint density at radius 2 is 1.85 bits per heavy atom. The van der Waals surface area contributed by atoms with Crippen LogP contribution < -0.4 is 5.32 Å². The molecule has 2 aromatic rings. The third-order valence-electron chi connectivity index (χ3n) is 4.71. The van der Waals surface area contributed by atoms with Crippen LogP contribution in [0.3, 0.4) is 0 Å². The molecule has 0 spiro atoms. The molecular weight excluding hydrogens is 342 g/mol. The average Bonchev–Trinajstić information content (AvgIpc) is 2.67. The van der Waals surface area contributed by atoms with Gasteiger partial charge < -0.3 is 15.1 Å². The van der Waals surface area contributed by atoms with Crippen molar-refractivity contribution in [3.63, 3.8) is 0 Å². The van der Waals surface area contributed by atoms with Crippen LogP contribution in [-0.4, -0.2) is 64.2 Å². The largest absolute Gasteiger partial charge is 0.340 e. The Morgan fingerprint density at radius 3 is 2.52 bits per heavy atom. The van der Waals surface area contributed by atoms with Gasteiger partial charge in [-0.15, -0.1) is 0 Å². The van der Waals surface area contributed by atoms with E-state index in [-0.39, 0.29) is 11.7 Å². The van der Waals surface area contributed by atoms with Gasteiger partial charge in [-0.1, -0.05) is 19.1 Å². The number of hydrogen-bond donors (Lipinski definition) is 1. The Bertz CT molecular complexity index is 844. The van der Waals surface area contributed by atoms with Crippen LogP contribution in [0.25, 0.3) is 0 Å². The lowest BCUT2D eigenvalue weighted by atomic mass is 10.1. The molecule has 1 saturated heterocycles. The summed E-state index contributed by atoms with van der Waals surface area (Å²) in [7, 11) is 0. The highest BCUT2D eigenvalue weighted by Gasteiger charge is 2.23. The number of aromatic nitrogens is 2. The molecular formula is C20H25N5O2. The van der Waals surface area contributed by atoms with Crippen molar-refractivity contribution in [2.75, 3.05) is 38.0 Å². The van der Waals surface area contributed by atoms with Gasteiger partial charge in [-0.05, 0) is 32.5 Å². The van der Waals surface area contributed by atoms with Crippen molar-refractivity contribution < 1.29 is 9.59 Å². The second-order valence-electron chi connectivity index (χ2n) is 6.67. The quantitative estimate of drug-likeness (QED) is 0.818. The predicted octanol–water partition coefficient (Wildman–Crippen LogP) is 2.51. The summed E-state index contributed by atoms with van der Waals surface area (Å²) in [5.41, 5.74) is 1.75. The monoisotopic (exact) mass is 367 g/mol. The minimum absolute atomic E-state index is 0.000364. The van der Waals surface area contributed by atoms with E-state index >= 15 is 0 Å². The summed E-state index contributed by atoms with van der Waals surface area (Å²) in [6, 6.07) is 8.87. The smallest absolute Gasteiger partial charge is 0.272 e. The molecule has 3 rings (SSSR count). The number of nitrogens with zero attached hydrogens (tertiary/aromatic N) is 4. The highest BCUT2D eigenvalue weighted by Crippen LogP contribution is 2.18. The molecule has 7 heteroatoms. The number of likely N-dealkylation sites (N-methyl/N-ethyl adjacent to an activating group) is 1. The van der Waals surface area contributed by atoms with Crippen molar-refractivity contribution in [3.8, 4) is 0 Å². The van der Waals surface area contributed by atoms with Gasteiger partial charge in [0.25, 0.3) is 5.91 Å². The van der Waals surface area contributed by atoms with Crippen molar-refractivity contribution >= 4 is 23.2 Å². The molecule has 2 heterocycles. The molecule has 1 aliphatic rings. The lowest BCUT2D eigenvalue weighted by Crippen LogP contribution is -2.48. The number of hydrogen-bond acceptors (Lipinski definition) is 6. The van der Waals surface area contributed by atoms with Crippen LogP contribution in [0.2, 0.25) is 0 Å². The number of aryl methyl sites for hydroxylation is 1. The molecule has 1 amide bonds. The number of ketones is 1. The SMILES string of the molecule is CCN1CCN(C(=O)c2cc(Nc3cccc(C(C)=O)c3)nc(C)n2)CC1. The molecule has 0 unspecified atom stereocenters. The fourth-order valence-electron chi connectivity index (χ4n) is 3.13. The highest BCUT2D eigenvalue weighted by molar-refractivity contribution is 5.95. The summed E-state index contributed by atoms with van der Waals surface area (Å²) in [5.74, 6) is 0.994. The van der Waals surface area contributed by atoms with E-state index < -0.39 is 0 Å². The minimum Gasteiger partial charge on any atom is -0.340 e. The number of Topliss-reactive ketones (excluding diaryl/α,β-unsaturated/α-hetero) is 1. The van der Waals surface area contributed by atoms with Gasteiger partial charge in [0.15, 0.2) is 5.78 Å². The summed E-state index contributed by atoms with van der Waals surface area (Å²) in [6.07, 6.45) is 0. The third kappa shape index (κ3) is 4.68. The average molecular weight is 367 g/mol. The maximum Gasteiger partial charge on any atom is 0.272 e. The summed E-state index contributed by atoms with van der Waals surface area (Å²) < 4.78 is 0. The Morgan fingerprint density at radius 1 is 1.11 bits per heavy atom. The molecule has 0 aliphatic carbocycles. The summed E-state index contributed by atoms with van der Waals surface area (Å²) in [5, 5.41) is 3.17. The number of anilines is 2. The topological polar surface area (TPSA) is 78.4 Å². The molecule has 142 valence electrons. The van der Waals surface area contributed by atoms with Crippen molar-refractivity contribution in [1.29, 1.82) is 0 Å². The van der Waals surface area contributed by atoms with E-state index in [1.54, 1.807) is 25.1 Å². The van der Waals surface area contributed by atoms with Gasteiger partial charge in [-0.3, -0.25) is 9.59 Å². The van der Waals surface area contributed by atoms with Crippen molar-refractivity contribution in [2.45, 2.75) is 20.8 Å². The Kier molecular flexibility index (Phi) is 5.81. The van der Waals surface area contributed by atoms with E-state index in [1.807, 2.05) is 17.0 Å². The molecule has 0 bridgehead atoms. The first-order valence-electron chi connectivity index (χ1n) is 9.21. The maximum atomic E-state index is 12.8. The summed E-state index contributed by atoms with van der Waals surface area (Å²) in [4.78, 5) is 37.3. The molecule has 1 aliphatic heterocycles. The molecule has 1 aromatic heterocycles. The van der Waals surface area contributed by atoms with Crippen LogP contribution in [0.15, 0.2) is 30.3 Å². The molecule has 27 heavy (non-hydrogen) atoms. The number of carbonyl (C=O) groups is 2. The van der Waals surface area contributed by atoms with E-state index in [9.17, 15) is 9.59 Å². The molecule has 0 saturated carbocycles. The zero-order valence-corrected chi connectivity index (χ0v) is 16.0. The van der Waals surface area contributed by atoms with Crippen molar-refractivity contribution in [2.24, 2.45) is 0 Å². The van der Waals surface area contributed by atoms with Gasteiger partial charge in [0, 0.05) is 43.5 Å². The van der Waals surface area contributed by atoms with E-state index in [1.165, 1.54) is 6.92 Å². The number of nitrogens with one attached hydrogen (secondary N) is 1. The molecule has 1 N–H and O–H groups in total. The third-order valence-corrected chi connectivity index (χ3v) is 4.71. The van der Waals surface area contributed by atoms with Crippen molar-refractivity contribution in [3.05, 3.63) is 47.4 Å². The number of amides is 1. The van der Waals surface area contributed by atoms with E-state index in [2.05, 4.69) is 27.1 Å². The second-order valence-corrected chi connectivity index (χ2v) is 6.67. The zero-order chi connectivity index (χ0) is 19.4. The van der Waals surface area contributed by atoms with Gasteiger partial charge >= 0.3 is 0 Å². The molecule has 7 nitrogen and oxygen atoms in total. The Balaban J connectivity index is 1.77.